The molecule has 8 nitrogen and oxygen atoms in total. The Morgan fingerprint density at radius 2 is 1.59 bits per heavy atom. The maximum atomic E-state index is 13.8. The fraction of sp³-hybridized carbons (Fsp3) is 0.700. The molecule has 2 aliphatic rings. The largest absolute Gasteiger partial charge is 0.344 e. The van der Waals surface area contributed by atoms with Gasteiger partial charge in [-0.3, -0.25) is 14.4 Å². The number of likely N-dealkylation sites (tertiary alicyclic amines) is 1. The van der Waals surface area contributed by atoms with Crippen LogP contribution in [0.2, 0.25) is 5.02 Å². The van der Waals surface area contributed by atoms with Gasteiger partial charge in [0.15, 0.2) is 0 Å². The van der Waals surface area contributed by atoms with E-state index in [4.69, 9.17) is 11.6 Å². The van der Waals surface area contributed by atoms with Crippen molar-refractivity contribution >= 4 is 29.3 Å². The Balaban J connectivity index is 1.68. The summed E-state index contributed by atoms with van der Waals surface area (Å²) in [6, 6.07) is 7.24. The van der Waals surface area contributed by atoms with Gasteiger partial charge in [-0.15, -0.1) is 0 Å². The Bertz CT molecular complexity index is 967. The van der Waals surface area contributed by atoms with E-state index in [2.05, 4.69) is 29.2 Å². The van der Waals surface area contributed by atoms with Crippen LogP contribution in [0.15, 0.2) is 24.3 Å². The lowest BCUT2D eigenvalue weighted by atomic mass is 9.88. The van der Waals surface area contributed by atoms with Crippen LogP contribution in [0.25, 0.3) is 0 Å². The zero-order valence-corrected chi connectivity index (χ0v) is 25.5. The third-order valence-corrected chi connectivity index (χ3v) is 8.52. The Morgan fingerprint density at radius 3 is 2.10 bits per heavy atom. The molecule has 0 spiro atoms. The van der Waals surface area contributed by atoms with Gasteiger partial charge in [0, 0.05) is 75.6 Å². The number of rotatable bonds is 10. The number of piperazine rings is 1. The quantitative estimate of drug-likeness (QED) is 0.470. The first-order valence-corrected chi connectivity index (χ1v) is 14.9. The standard InChI is InChI=1S/C30H48ClN5O3/c1-7-30(5,6)29(39)32-27(20-24-8-10-25(31)11-9-24)28(38)34-16-18-35(19-17-34)36(21-22(2)3)26-12-14-33(15-13-26)23(4)37/h8-11,22,26-27H,7,12-21H2,1-6H3,(H,32,39)/t27-/m1/s1. The first-order chi connectivity index (χ1) is 18.4. The van der Waals surface area contributed by atoms with Crippen LogP contribution in [0.5, 0.6) is 0 Å². The minimum Gasteiger partial charge on any atom is -0.344 e. The summed E-state index contributed by atoms with van der Waals surface area (Å²) in [6.07, 6.45) is 3.05. The van der Waals surface area contributed by atoms with Gasteiger partial charge in [-0.05, 0) is 42.9 Å². The average molecular weight is 562 g/mol. The van der Waals surface area contributed by atoms with Gasteiger partial charge in [0.1, 0.15) is 6.04 Å². The van der Waals surface area contributed by atoms with Crippen LogP contribution in [0.3, 0.4) is 0 Å². The van der Waals surface area contributed by atoms with Crippen molar-refractivity contribution in [3.8, 4) is 0 Å². The van der Waals surface area contributed by atoms with Crippen LogP contribution in [-0.4, -0.2) is 95.4 Å². The smallest absolute Gasteiger partial charge is 0.245 e. The molecule has 2 saturated heterocycles. The Kier molecular flexibility index (Phi) is 11.2. The summed E-state index contributed by atoms with van der Waals surface area (Å²) in [4.78, 5) is 42.5. The molecule has 0 saturated carbocycles. The Labute approximate surface area is 240 Å². The van der Waals surface area contributed by atoms with Gasteiger partial charge in [-0.25, -0.2) is 10.0 Å². The molecule has 1 aromatic carbocycles. The van der Waals surface area contributed by atoms with E-state index in [0.29, 0.717) is 42.9 Å². The van der Waals surface area contributed by atoms with Crippen molar-refractivity contribution < 1.29 is 14.4 Å². The van der Waals surface area contributed by atoms with Gasteiger partial charge in [0.2, 0.25) is 17.7 Å². The molecule has 0 aromatic heterocycles. The number of halogens is 1. The van der Waals surface area contributed by atoms with Crippen molar-refractivity contribution in [3.05, 3.63) is 34.9 Å². The lowest BCUT2D eigenvalue weighted by Crippen LogP contribution is -2.62. The van der Waals surface area contributed by atoms with E-state index in [1.807, 2.05) is 54.8 Å². The zero-order valence-electron chi connectivity index (χ0n) is 24.7. The van der Waals surface area contributed by atoms with Crippen molar-refractivity contribution in [2.75, 3.05) is 45.8 Å². The van der Waals surface area contributed by atoms with E-state index >= 15 is 0 Å². The van der Waals surface area contributed by atoms with Gasteiger partial charge in [-0.1, -0.05) is 58.4 Å². The summed E-state index contributed by atoms with van der Waals surface area (Å²) in [5.74, 6) is 0.529. The molecule has 3 rings (SSSR count). The third-order valence-electron chi connectivity index (χ3n) is 8.27. The van der Waals surface area contributed by atoms with E-state index in [9.17, 15) is 14.4 Å². The van der Waals surface area contributed by atoms with E-state index < -0.39 is 11.5 Å². The highest BCUT2D eigenvalue weighted by Gasteiger charge is 2.35. The minimum atomic E-state index is -0.626. The average Bonchev–Trinajstić information content (AvgIpc) is 2.92. The second kappa shape index (κ2) is 14.0. The molecule has 1 N–H and O–H groups in total. The SMILES string of the molecule is CCC(C)(C)C(=O)N[C@H](Cc1ccc(Cl)cc1)C(=O)N1CCN(N(CC(C)C)C2CCN(C(C)=O)CC2)CC1. The number of carbonyl (C=O) groups is 3. The molecule has 2 heterocycles. The van der Waals surface area contributed by atoms with Gasteiger partial charge < -0.3 is 15.1 Å². The van der Waals surface area contributed by atoms with Crippen LogP contribution >= 0.6 is 11.6 Å². The minimum absolute atomic E-state index is 0.0324. The number of hydrogen-bond acceptors (Lipinski definition) is 5. The molecule has 39 heavy (non-hydrogen) atoms. The lowest BCUT2D eigenvalue weighted by molar-refractivity contribution is -0.146. The molecule has 1 atom stereocenters. The normalized spacial score (nSPS) is 18.5. The highest BCUT2D eigenvalue weighted by Crippen LogP contribution is 2.23. The summed E-state index contributed by atoms with van der Waals surface area (Å²) in [5, 5.41) is 8.63. The molecular weight excluding hydrogens is 514 g/mol. The van der Waals surface area contributed by atoms with Gasteiger partial charge in [-0.2, -0.15) is 0 Å². The second-order valence-electron chi connectivity index (χ2n) is 12.1. The first kappa shape index (κ1) is 31.4. The van der Waals surface area contributed by atoms with E-state index in [-0.39, 0.29) is 17.7 Å². The van der Waals surface area contributed by atoms with Crippen LogP contribution in [0.4, 0.5) is 0 Å². The number of carbonyl (C=O) groups excluding carboxylic acids is 3. The molecule has 0 bridgehead atoms. The summed E-state index contributed by atoms with van der Waals surface area (Å²) in [6.45, 7) is 17.2. The summed E-state index contributed by atoms with van der Waals surface area (Å²) < 4.78 is 0. The van der Waals surface area contributed by atoms with E-state index in [0.717, 1.165) is 51.1 Å². The molecular formula is C30H48ClN5O3. The maximum absolute atomic E-state index is 13.8. The lowest BCUT2D eigenvalue weighted by Gasteiger charge is -2.47. The monoisotopic (exact) mass is 561 g/mol. The van der Waals surface area contributed by atoms with Crippen molar-refractivity contribution in [2.45, 2.75) is 79.3 Å². The summed E-state index contributed by atoms with van der Waals surface area (Å²) in [7, 11) is 0. The highest BCUT2D eigenvalue weighted by atomic mass is 35.5. The van der Waals surface area contributed by atoms with Crippen LogP contribution in [-0.2, 0) is 20.8 Å². The number of amides is 3. The van der Waals surface area contributed by atoms with Crippen LogP contribution in [0.1, 0.15) is 66.4 Å². The summed E-state index contributed by atoms with van der Waals surface area (Å²) >= 11 is 6.07. The van der Waals surface area contributed by atoms with Gasteiger partial charge in [0.05, 0.1) is 0 Å². The molecule has 0 aliphatic carbocycles. The molecule has 0 radical (unpaired) electrons. The Hall–Kier alpha value is -2.16. The van der Waals surface area contributed by atoms with Gasteiger partial charge >= 0.3 is 0 Å². The third kappa shape index (κ3) is 8.66. The van der Waals surface area contributed by atoms with Crippen molar-refractivity contribution in [1.29, 1.82) is 0 Å². The van der Waals surface area contributed by atoms with Crippen molar-refractivity contribution in [3.63, 3.8) is 0 Å². The molecule has 1 aromatic rings. The number of hydrogen-bond donors (Lipinski definition) is 1. The van der Waals surface area contributed by atoms with Crippen molar-refractivity contribution in [2.24, 2.45) is 11.3 Å². The molecule has 2 fully saturated rings. The number of nitrogens with one attached hydrogen (secondary N) is 1. The predicted molar refractivity (Wildman–Crippen MR) is 156 cm³/mol. The van der Waals surface area contributed by atoms with E-state index in [1.165, 1.54) is 0 Å². The molecule has 2 aliphatic heterocycles. The number of nitrogens with zero attached hydrogens (tertiary/aromatic N) is 4. The zero-order chi connectivity index (χ0) is 28.7. The highest BCUT2D eigenvalue weighted by molar-refractivity contribution is 6.30. The molecule has 218 valence electrons. The van der Waals surface area contributed by atoms with Gasteiger partial charge in [0.25, 0.3) is 0 Å². The van der Waals surface area contributed by atoms with E-state index in [1.54, 1.807) is 6.92 Å². The fourth-order valence-corrected chi connectivity index (χ4v) is 5.44. The Morgan fingerprint density at radius 1 is 1.00 bits per heavy atom. The van der Waals surface area contributed by atoms with Crippen molar-refractivity contribution in [1.82, 2.24) is 25.1 Å². The topological polar surface area (TPSA) is 76.2 Å². The second-order valence-corrected chi connectivity index (χ2v) is 12.6. The summed E-state index contributed by atoms with van der Waals surface area (Å²) in [5.41, 5.74) is 0.415. The maximum Gasteiger partial charge on any atom is 0.245 e. The predicted octanol–water partition coefficient (Wildman–Crippen LogP) is 3.83. The fourth-order valence-electron chi connectivity index (χ4n) is 5.31. The number of piperidine rings is 1. The van der Waals surface area contributed by atoms with Crippen LogP contribution < -0.4 is 5.32 Å². The number of hydrazine groups is 1. The molecule has 3 amide bonds. The molecule has 9 heteroatoms. The molecule has 0 unspecified atom stereocenters. The van der Waals surface area contributed by atoms with Crippen LogP contribution in [0, 0.1) is 11.3 Å². The first-order valence-electron chi connectivity index (χ1n) is 14.5. The number of benzene rings is 1.